The molecular formula is C19H15BrN2O5S2. The Balaban J connectivity index is 1.83. The van der Waals surface area contributed by atoms with Crippen LogP contribution in [0.5, 0.6) is 11.5 Å². The van der Waals surface area contributed by atoms with E-state index in [9.17, 15) is 14.7 Å². The molecule has 10 heteroatoms. The molecule has 1 fully saturated rings. The number of carbonyl (C=O) groups is 2. The Morgan fingerprint density at radius 2 is 2.21 bits per heavy atom. The molecule has 3 rings (SSSR count). The first-order valence-corrected chi connectivity index (χ1v) is 10.3. The van der Waals surface area contributed by atoms with Crippen molar-refractivity contribution in [1.29, 1.82) is 0 Å². The number of amides is 1. The molecule has 0 atom stereocenters. The highest BCUT2D eigenvalue weighted by atomic mass is 79.9. The van der Waals surface area contributed by atoms with Crippen LogP contribution in [0.3, 0.4) is 0 Å². The lowest BCUT2D eigenvalue weighted by atomic mass is 10.2. The van der Waals surface area contributed by atoms with Crippen LogP contribution in [-0.2, 0) is 16.2 Å². The van der Waals surface area contributed by atoms with E-state index in [1.54, 1.807) is 18.2 Å². The van der Waals surface area contributed by atoms with E-state index in [1.807, 2.05) is 24.4 Å². The Hall–Kier alpha value is -2.43. The van der Waals surface area contributed by atoms with E-state index in [0.29, 0.717) is 33.0 Å². The number of carbonyl (C=O) groups excluding carboxylic acids is 2. The number of carboxylic acids is 1. The average Bonchev–Trinajstić information content (AvgIpc) is 2.94. The number of nitrogens with one attached hydrogen (secondary N) is 1. The zero-order valence-corrected chi connectivity index (χ0v) is 18.4. The van der Waals surface area contributed by atoms with Crippen LogP contribution in [0.1, 0.15) is 11.3 Å². The largest absolute Gasteiger partial charge is 0.548 e. The van der Waals surface area contributed by atoms with Gasteiger partial charge in [-0.05, 0) is 45.8 Å². The van der Waals surface area contributed by atoms with Crippen LogP contribution in [0, 0.1) is 0 Å². The molecule has 0 aliphatic carbocycles. The Morgan fingerprint density at radius 3 is 2.86 bits per heavy atom. The molecule has 150 valence electrons. The van der Waals surface area contributed by atoms with Gasteiger partial charge in [0.25, 0.3) is 5.91 Å². The Labute approximate surface area is 184 Å². The molecule has 0 unspecified atom stereocenters. The van der Waals surface area contributed by atoms with Crippen LogP contribution in [0.2, 0.25) is 0 Å². The van der Waals surface area contributed by atoms with Crippen LogP contribution in [0.15, 0.2) is 45.9 Å². The zero-order chi connectivity index (χ0) is 21.0. The molecule has 7 nitrogen and oxygen atoms in total. The SMILES string of the molecule is COc1cc(/C=C2/SC(=S)N(CC(=O)[O-])C2=O)cc(Br)c1OCc1cccc[nH+]1. The quantitative estimate of drug-likeness (QED) is 0.427. The maximum absolute atomic E-state index is 12.4. The van der Waals surface area contributed by atoms with Crippen molar-refractivity contribution >= 4 is 62.2 Å². The third kappa shape index (κ3) is 5.14. The van der Waals surface area contributed by atoms with Crippen molar-refractivity contribution in [3.05, 3.63) is 57.2 Å². The lowest BCUT2D eigenvalue weighted by molar-refractivity contribution is -0.394. The number of aliphatic carboxylic acids is 1. The van der Waals surface area contributed by atoms with E-state index in [2.05, 4.69) is 20.9 Å². The Bertz CT molecular complexity index is 998. The van der Waals surface area contributed by atoms with Crippen LogP contribution >= 0.6 is 39.9 Å². The van der Waals surface area contributed by atoms with Gasteiger partial charge in [-0.3, -0.25) is 9.69 Å². The molecular weight excluding hydrogens is 480 g/mol. The fourth-order valence-corrected chi connectivity index (χ4v) is 4.38. The van der Waals surface area contributed by atoms with E-state index in [1.165, 1.54) is 7.11 Å². The van der Waals surface area contributed by atoms with Gasteiger partial charge in [-0.25, -0.2) is 4.98 Å². The summed E-state index contributed by atoms with van der Waals surface area (Å²) in [6.45, 7) is -0.255. The fraction of sp³-hybridized carbons (Fsp3) is 0.158. The minimum Gasteiger partial charge on any atom is -0.548 e. The van der Waals surface area contributed by atoms with E-state index in [0.717, 1.165) is 22.4 Å². The minimum atomic E-state index is -1.37. The summed E-state index contributed by atoms with van der Waals surface area (Å²) in [5.41, 5.74) is 1.56. The number of aromatic amines is 1. The smallest absolute Gasteiger partial charge is 0.266 e. The lowest BCUT2D eigenvalue weighted by Gasteiger charge is -2.14. The number of halogens is 1. The third-order valence-electron chi connectivity index (χ3n) is 3.86. The van der Waals surface area contributed by atoms with E-state index in [-0.39, 0.29) is 4.32 Å². The lowest BCUT2D eigenvalue weighted by Crippen LogP contribution is -2.40. The number of hydrogen-bond acceptors (Lipinski definition) is 7. The highest BCUT2D eigenvalue weighted by Gasteiger charge is 2.32. The highest BCUT2D eigenvalue weighted by Crippen LogP contribution is 2.39. The number of H-pyrrole nitrogens is 1. The van der Waals surface area contributed by atoms with Gasteiger partial charge in [0.15, 0.2) is 24.3 Å². The van der Waals surface area contributed by atoms with Crippen molar-refractivity contribution in [2.45, 2.75) is 6.61 Å². The molecule has 1 aromatic carbocycles. The number of rotatable bonds is 7. The molecule has 1 amide bonds. The molecule has 0 radical (unpaired) electrons. The standard InChI is InChI=1S/C19H15BrN2O5S2/c1-26-14-7-11(8-15-18(25)22(9-16(23)24)19(28)29-15)6-13(20)17(14)27-10-12-4-2-3-5-21-12/h2-8H,9-10H2,1H3,(H,23,24)/b15-8+. The van der Waals surface area contributed by atoms with Gasteiger partial charge in [-0.1, -0.05) is 24.0 Å². The average molecular weight is 495 g/mol. The van der Waals surface area contributed by atoms with Crippen molar-refractivity contribution in [2.24, 2.45) is 0 Å². The molecule has 2 heterocycles. The van der Waals surface area contributed by atoms with Crippen molar-refractivity contribution in [3.8, 4) is 11.5 Å². The van der Waals surface area contributed by atoms with Crippen LogP contribution < -0.4 is 19.6 Å². The van der Waals surface area contributed by atoms with E-state index >= 15 is 0 Å². The van der Waals surface area contributed by atoms with Gasteiger partial charge in [-0.15, -0.1) is 0 Å². The summed E-state index contributed by atoms with van der Waals surface area (Å²) in [7, 11) is 1.52. The van der Waals surface area contributed by atoms with Gasteiger partial charge in [0.1, 0.15) is 4.32 Å². The summed E-state index contributed by atoms with van der Waals surface area (Å²) >= 11 is 9.60. The Kier molecular flexibility index (Phi) is 6.88. The number of benzene rings is 1. The molecule has 0 spiro atoms. The second kappa shape index (κ2) is 9.38. The van der Waals surface area contributed by atoms with E-state index < -0.39 is 18.4 Å². The molecule has 1 N–H and O–H groups in total. The minimum absolute atomic E-state index is 0.176. The van der Waals surface area contributed by atoms with Crippen molar-refractivity contribution in [3.63, 3.8) is 0 Å². The topological polar surface area (TPSA) is 93.0 Å². The van der Waals surface area contributed by atoms with Gasteiger partial charge in [0.05, 0.1) is 29.0 Å². The summed E-state index contributed by atoms with van der Waals surface area (Å²) in [6, 6.07) is 9.19. The van der Waals surface area contributed by atoms with Gasteiger partial charge < -0.3 is 19.4 Å². The number of carboxylic acid groups (broad SMARTS) is 1. The van der Waals surface area contributed by atoms with Crippen LogP contribution in [-0.4, -0.2) is 34.8 Å². The number of methoxy groups -OCH3 is 1. The number of thiocarbonyl (C=S) groups is 1. The number of aromatic nitrogens is 1. The maximum Gasteiger partial charge on any atom is 0.266 e. The van der Waals surface area contributed by atoms with Crippen LogP contribution in [0.25, 0.3) is 6.08 Å². The highest BCUT2D eigenvalue weighted by molar-refractivity contribution is 9.10. The maximum atomic E-state index is 12.4. The predicted molar refractivity (Wildman–Crippen MR) is 113 cm³/mol. The normalized spacial score (nSPS) is 15.1. The van der Waals surface area contributed by atoms with E-state index in [4.69, 9.17) is 21.7 Å². The monoisotopic (exact) mass is 494 g/mol. The van der Waals surface area contributed by atoms with Gasteiger partial charge >= 0.3 is 0 Å². The van der Waals surface area contributed by atoms with Crippen LogP contribution in [0.4, 0.5) is 0 Å². The second-order valence-corrected chi connectivity index (χ2v) is 8.38. The molecule has 1 aromatic heterocycles. The summed E-state index contributed by atoms with van der Waals surface area (Å²) < 4.78 is 12.1. The van der Waals surface area contributed by atoms with Crippen molar-refractivity contribution in [1.82, 2.24) is 4.90 Å². The first-order valence-electron chi connectivity index (χ1n) is 8.30. The zero-order valence-electron chi connectivity index (χ0n) is 15.1. The number of thioether (sulfide) groups is 1. The van der Waals surface area contributed by atoms with Gasteiger partial charge in [0.2, 0.25) is 5.69 Å². The molecule has 2 aromatic rings. The van der Waals surface area contributed by atoms with Gasteiger partial charge in [-0.2, -0.15) is 0 Å². The molecule has 1 saturated heterocycles. The Morgan fingerprint density at radius 1 is 1.41 bits per heavy atom. The summed E-state index contributed by atoms with van der Waals surface area (Å²) in [5.74, 6) is -0.846. The predicted octanol–water partition coefficient (Wildman–Crippen LogP) is 1.80. The third-order valence-corrected chi connectivity index (χ3v) is 5.82. The molecule has 0 saturated carbocycles. The number of nitrogens with zero attached hydrogens (tertiary/aromatic N) is 1. The molecule has 0 bridgehead atoms. The molecule has 29 heavy (non-hydrogen) atoms. The number of pyridine rings is 1. The second-order valence-electron chi connectivity index (χ2n) is 5.85. The molecule has 1 aliphatic heterocycles. The van der Waals surface area contributed by atoms with Crippen molar-refractivity contribution in [2.75, 3.05) is 13.7 Å². The summed E-state index contributed by atoms with van der Waals surface area (Å²) in [4.78, 5) is 27.6. The number of ether oxygens (including phenoxy) is 2. The number of hydrogen-bond donors (Lipinski definition) is 0. The summed E-state index contributed by atoms with van der Waals surface area (Å²) in [5, 5.41) is 10.8. The molecule has 1 aliphatic rings. The first-order chi connectivity index (χ1) is 13.9. The first kappa shape index (κ1) is 21.3. The fourth-order valence-electron chi connectivity index (χ4n) is 2.55. The summed E-state index contributed by atoms with van der Waals surface area (Å²) in [6.07, 6.45) is 3.43. The van der Waals surface area contributed by atoms with Crippen molar-refractivity contribution < 1.29 is 29.2 Å². The van der Waals surface area contributed by atoms with Gasteiger partial charge in [0, 0.05) is 12.1 Å².